The minimum atomic E-state index is -0.482. The van der Waals surface area contributed by atoms with Gasteiger partial charge in [-0.25, -0.2) is 4.98 Å². The van der Waals surface area contributed by atoms with E-state index in [2.05, 4.69) is 15.3 Å². The molecule has 0 atom stereocenters. The average Bonchev–Trinajstić information content (AvgIpc) is 3.18. The molecule has 1 amide bonds. The third-order valence-corrected chi connectivity index (χ3v) is 4.66. The summed E-state index contributed by atoms with van der Waals surface area (Å²) >= 11 is 0. The van der Waals surface area contributed by atoms with Crippen LogP contribution in [0.1, 0.15) is 10.6 Å². The number of hydrogen-bond donors (Lipinski definition) is 2. The number of aromatic amines is 1. The highest BCUT2D eigenvalue weighted by molar-refractivity contribution is 6.03. The minimum absolute atomic E-state index is 0.0324. The first-order valence-corrected chi connectivity index (χ1v) is 9.07. The van der Waals surface area contributed by atoms with Crippen LogP contribution in [0.15, 0.2) is 88.1 Å². The van der Waals surface area contributed by atoms with Crippen molar-refractivity contribution in [3.8, 4) is 11.4 Å². The predicted octanol–water partition coefficient (Wildman–Crippen LogP) is 4.59. The summed E-state index contributed by atoms with van der Waals surface area (Å²) in [4.78, 5) is 32.5. The Balaban J connectivity index is 1.39. The van der Waals surface area contributed by atoms with Crippen molar-refractivity contribution in [2.24, 2.45) is 0 Å². The molecular formula is C23H15N3O3. The number of nitrogens with zero attached hydrogens (tertiary/aromatic N) is 1. The summed E-state index contributed by atoms with van der Waals surface area (Å²) in [5.41, 5.74) is 3.47. The van der Waals surface area contributed by atoms with E-state index in [4.69, 9.17) is 4.42 Å². The maximum Gasteiger partial charge on any atom is 0.291 e. The van der Waals surface area contributed by atoms with Crippen LogP contribution in [0.25, 0.3) is 33.4 Å². The third-order valence-electron chi connectivity index (χ3n) is 4.66. The van der Waals surface area contributed by atoms with Crippen LogP contribution < -0.4 is 10.7 Å². The molecule has 2 heterocycles. The van der Waals surface area contributed by atoms with Gasteiger partial charge < -0.3 is 14.7 Å². The Morgan fingerprint density at radius 1 is 0.931 bits per heavy atom. The maximum absolute atomic E-state index is 12.5. The molecule has 29 heavy (non-hydrogen) atoms. The molecule has 0 bridgehead atoms. The van der Waals surface area contributed by atoms with Gasteiger partial charge in [-0.05, 0) is 48.5 Å². The number of benzene rings is 3. The summed E-state index contributed by atoms with van der Waals surface area (Å²) in [6.07, 6.45) is 0. The summed E-state index contributed by atoms with van der Waals surface area (Å²) in [5, 5.41) is 3.20. The number of rotatable bonds is 3. The fourth-order valence-corrected chi connectivity index (χ4v) is 3.21. The monoisotopic (exact) mass is 381 g/mol. The topological polar surface area (TPSA) is 88.0 Å². The van der Waals surface area contributed by atoms with Crippen LogP contribution in [-0.4, -0.2) is 15.9 Å². The van der Waals surface area contributed by atoms with E-state index >= 15 is 0 Å². The highest BCUT2D eigenvalue weighted by Gasteiger charge is 2.13. The normalized spacial score (nSPS) is 11.0. The lowest BCUT2D eigenvalue weighted by Gasteiger charge is -2.06. The first kappa shape index (κ1) is 16.9. The molecule has 5 rings (SSSR count). The van der Waals surface area contributed by atoms with E-state index in [9.17, 15) is 9.59 Å². The Hall–Kier alpha value is -4.19. The Morgan fingerprint density at radius 2 is 1.69 bits per heavy atom. The molecular weight excluding hydrogens is 366 g/mol. The molecule has 6 nitrogen and oxygen atoms in total. The highest BCUT2D eigenvalue weighted by Crippen LogP contribution is 2.22. The number of aromatic nitrogens is 2. The lowest BCUT2D eigenvalue weighted by Crippen LogP contribution is -2.14. The number of anilines is 1. The summed E-state index contributed by atoms with van der Waals surface area (Å²) in [7, 11) is 0. The van der Waals surface area contributed by atoms with Crippen molar-refractivity contribution in [1.29, 1.82) is 0 Å². The molecule has 3 aromatic carbocycles. The van der Waals surface area contributed by atoms with Crippen molar-refractivity contribution < 1.29 is 9.21 Å². The van der Waals surface area contributed by atoms with Crippen LogP contribution in [-0.2, 0) is 0 Å². The van der Waals surface area contributed by atoms with E-state index in [0.717, 1.165) is 22.4 Å². The molecule has 0 saturated heterocycles. The first-order valence-electron chi connectivity index (χ1n) is 9.07. The van der Waals surface area contributed by atoms with Crippen LogP contribution in [0.3, 0.4) is 0 Å². The van der Waals surface area contributed by atoms with Gasteiger partial charge in [0, 0.05) is 17.3 Å². The molecule has 2 N–H and O–H groups in total. The lowest BCUT2D eigenvalue weighted by atomic mass is 10.2. The number of imidazole rings is 1. The largest absolute Gasteiger partial charge is 0.451 e. The maximum atomic E-state index is 12.5. The summed E-state index contributed by atoms with van der Waals surface area (Å²) in [6.45, 7) is 0. The van der Waals surface area contributed by atoms with Crippen LogP contribution in [0.5, 0.6) is 0 Å². The van der Waals surface area contributed by atoms with Gasteiger partial charge in [0.15, 0.2) is 11.2 Å². The average molecular weight is 381 g/mol. The molecule has 0 aliphatic rings. The van der Waals surface area contributed by atoms with Crippen LogP contribution in [0, 0.1) is 0 Å². The van der Waals surface area contributed by atoms with E-state index in [1.165, 1.54) is 6.07 Å². The van der Waals surface area contributed by atoms with Gasteiger partial charge in [0.2, 0.25) is 0 Å². The zero-order chi connectivity index (χ0) is 19.8. The van der Waals surface area contributed by atoms with E-state index in [1.807, 2.05) is 36.4 Å². The fraction of sp³-hybridized carbons (Fsp3) is 0. The van der Waals surface area contributed by atoms with Crippen molar-refractivity contribution in [2.45, 2.75) is 0 Å². The third kappa shape index (κ3) is 3.17. The van der Waals surface area contributed by atoms with Gasteiger partial charge in [-0.1, -0.05) is 24.3 Å². The van der Waals surface area contributed by atoms with Crippen molar-refractivity contribution in [1.82, 2.24) is 9.97 Å². The van der Waals surface area contributed by atoms with Gasteiger partial charge in [-0.15, -0.1) is 0 Å². The van der Waals surface area contributed by atoms with E-state index < -0.39 is 5.91 Å². The molecule has 2 aromatic heterocycles. The molecule has 0 spiro atoms. The number of para-hydroxylation sites is 3. The predicted molar refractivity (Wildman–Crippen MR) is 112 cm³/mol. The second-order valence-corrected chi connectivity index (χ2v) is 6.61. The zero-order valence-corrected chi connectivity index (χ0v) is 15.2. The molecule has 140 valence electrons. The van der Waals surface area contributed by atoms with Crippen molar-refractivity contribution in [2.75, 3.05) is 5.32 Å². The number of H-pyrrole nitrogens is 1. The summed E-state index contributed by atoms with van der Waals surface area (Å²) < 4.78 is 5.58. The van der Waals surface area contributed by atoms with Crippen LogP contribution in [0.4, 0.5) is 5.69 Å². The fourth-order valence-electron chi connectivity index (χ4n) is 3.21. The molecule has 0 unspecified atom stereocenters. The molecule has 0 radical (unpaired) electrons. The summed E-state index contributed by atoms with van der Waals surface area (Å²) in [6, 6.07) is 23.1. The Labute approximate surface area is 164 Å². The molecule has 0 aliphatic heterocycles. The minimum Gasteiger partial charge on any atom is -0.451 e. The number of carbonyl (C=O) groups is 1. The first-order chi connectivity index (χ1) is 14.2. The second kappa shape index (κ2) is 6.76. The summed E-state index contributed by atoms with van der Waals surface area (Å²) in [5.74, 6) is 0.240. The van der Waals surface area contributed by atoms with Gasteiger partial charge in [0.25, 0.3) is 5.91 Å². The Kier molecular flexibility index (Phi) is 3.95. The van der Waals surface area contributed by atoms with Crippen molar-refractivity contribution >= 4 is 33.6 Å². The second-order valence-electron chi connectivity index (χ2n) is 6.61. The van der Waals surface area contributed by atoms with Gasteiger partial charge >= 0.3 is 0 Å². The van der Waals surface area contributed by atoms with Crippen molar-refractivity contribution in [3.05, 3.63) is 94.8 Å². The Bertz CT molecular complexity index is 1380. The van der Waals surface area contributed by atoms with E-state index in [1.54, 1.807) is 36.4 Å². The molecule has 0 saturated carbocycles. The highest BCUT2D eigenvalue weighted by atomic mass is 16.3. The van der Waals surface area contributed by atoms with Gasteiger partial charge in [-0.3, -0.25) is 9.59 Å². The molecule has 6 heteroatoms. The number of nitrogens with one attached hydrogen (secondary N) is 2. The van der Waals surface area contributed by atoms with Crippen LogP contribution >= 0.6 is 0 Å². The lowest BCUT2D eigenvalue weighted by molar-refractivity contribution is 0.0997. The van der Waals surface area contributed by atoms with Crippen LogP contribution in [0.2, 0.25) is 0 Å². The zero-order valence-electron chi connectivity index (χ0n) is 15.2. The number of hydrogen-bond acceptors (Lipinski definition) is 4. The molecule has 5 aromatic rings. The van der Waals surface area contributed by atoms with Gasteiger partial charge in [0.1, 0.15) is 11.4 Å². The molecule has 0 aliphatic carbocycles. The number of fused-ring (bicyclic) bond motifs is 2. The Morgan fingerprint density at radius 3 is 2.52 bits per heavy atom. The smallest absolute Gasteiger partial charge is 0.291 e. The van der Waals surface area contributed by atoms with Gasteiger partial charge in [0.05, 0.1) is 16.4 Å². The quantitative estimate of drug-likeness (QED) is 0.478. The number of amides is 1. The molecule has 0 fully saturated rings. The van der Waals surface area contributed by atoms with E-state index in [-0.39, 0.29) is 11.2 Å². The van der Waals surface area contributed by atoms with E-state index in [0.29, 0.717) is 16.7 Å². The van der Waals surface area contributed by atoms with Gasteiger partial charge in [-0.2, -0.15) is 0 Å². The standard InChI is InChI=1S/C23H15N3O3/c27-19-13-21(29-20-8-4-1-5-16(19)20)23(28)24-15-11-9-14(10-12-15)22-25-17-6-2-3-7-18(17)26-22/h1-13H,(H,24,28)(H,25,26). The van der Waals surface area contributed by atoms with Crippen molar-refractivity contribution in [3.63, 3.8) is 0 Å². The number of carbonyl (C=O) groups excluding carboxylic acids is 1. The SMILES string of the molecule is O=C(Nc1ccc(-c2nc3ccccc3[nH]2)cc1)c1cc(=O)c2ccccc2o1.